The number of aromatic nitrogens is 2. The van der Waals surface area contributed by atoms with Crippen molar-refractivity contribution in [2.75, 3.05) is 13.1 Å². The van der Waals surface area contributed by atoms with E-state index >= 15 is 0 Å². The van der Waals surface area contributed by atoms with Crippen LogP contribution in [-0.2, 0) is 12.8 Å². The zero-order valence-electron chi connectivity index (χ0n) is 11.5. The summed E-state index contributed by atoms with van der Waals surface area (Å²) in [6, 6.07) is 9.53. The Hall–Kier alpha value is -1.20. The van der Waals surface area contributed by atoms with Crippen molar-refractivity contribution in [1.82, 2.24) is 15.3 Å². The van der Waals surface area contributed by atoms with E-state index in [1.807, 2.05) is 36.5 Å². The first kappa shape index (κ1) is 17.9. The Morgan fingerprint density at radius 3 is 2.52 bits per heavy atom. The van der Waals surface area contributed by atoms with Crippen LogP contribution in [0.2, 0.25) is 0 Å². The molecule has 0 spiro atoms. The topological polar surface area (TPSA) is 58.0 Å². The Balaban J connectivity index is 0.00000110. The average molecular weight is 328 g/mol. The van der Waals surface area contributed by atoms with E-state index < -0.39 is 6.10 Å². The predicted octanol–water partition coefficient (Wildman–Crippen LogP) is 2.09. The zero-order valence-corrected chi connectivity index (χ0v) is 13.2. The molecule has 0 radical (unpaired) electrons. The first-order valence-corrected chi connectivity index (χ1v) is 6.63. The minimum Gasteiger partial charge on any atom is -0.380 e. The van der Waals surface area contributed by atoms with Gasteiger partial charge in [-0.1, -0.05) is 30.3 Å². The highest BCUT2D eigenvalue weighted by atomic mass is 35.5. The SMILES string of the molecule is Cl.Cl.OC(c1ccccc1)c1ncc2c(n1)CCNCC2. The molecule has 0 amide bonds. The second-order valence-corrected chi connectivity index (χ2v) is 4.76. The predicted molar refractivity (Wildman–Crippen MR) is 87.3 cm³/mol. The van der Waals surface area contributed by atoms with Crippen molar-refractivity contribution >= 4 is 24.8 Å². The highest BCUT2D eigenvalue weighted by Crippen LogP contribution is 2.20. The highest BCUT2D eigenvalue weighted by molar-refractivity contribution is 5.85. The Kier molecular flexibility index (Phi) is 7.05. The summed E-state index contributed by atoms with van der Waals surface area (Å²) in [5.41, 5.74) is 3.08. The molecule has 2 heterocycles. The van der Waals surface area contributed by atoms with Crippen LogP contribution in [0.4, 0.5) is 0 Å². The monoisotopic (exact) mass is 327 g/mol. The molecule has 0 fully saturated rings. The molecule has 0 saturated carbocycles. The lowest BCUT2D eigenvalue weighted by Crippen LogP contribution is -2.16. The number of halogens is 2. The van der Waals surface area contributed by atoms with Crippen molar-refractivity contribution in [3.8, 4) is 0 Å². The lowest BCUT2D eigenvalue weighted by atomic mass is 10.1. The second-order valence-electron chi connectivity index (χ2n) is 4.76. The number of nitrogens with zero attached hydrogens (tertiary/aromatic N) is 2. The third-order valence-corrected chi connectivity index (χ3v) is 3.44. The van der Waals surface area contributed by atoms with Crippen LogP contribution in [-0.4, -0.2) is 28.2 Å². The fourth-order valence-corrected chi connectivity index (χ4v) is 2.35. The molecule has 114 valence electrons. The normalized spacial score (nSPS) is 14.9. The first-order chi connectivity index (χ1) is 9.34. The maximum absolute atomic E-state index is 10.3. The van der Waals surface area contributed by atoms with Crippen LogP contribution in [0.1, 0.15) is 28.7 Å². The molecule has 1 unspecified atom stereocenters. The molecule has 0 aliphatic carbocycles. The Bertz CT molecular complexity index is 566. The standard InChI is InChI=1S/C15H17N3O.2ClH/c19-14(11-4-2-1-3-5-11)15-17-10-12-6-8-16-9-7-13(12)18-15;;/h1-5,10,14,16,19H,6-9H2;2*1H. The van der Waals surface area contributed by atoms with E-state index in [1.54, 1.807) is 0 Å². The van der Waals surface area contributed by atoms with Crippen molar-refractivity contribution in [2.45, 2.75) is 18.9 Å². The van der Waals surface area contributed by atoms with E-state index in [1.165, 1.54) is 5.56 Å². The first-order valence-electron chi connectivity index (χ1n) is 6.63. The van der Waals surface area contributed by atoms with Gasteiger partial charge in [-0.2, -0.15) is 0 Å². The van der Waals surface area contributed by atoms with Gasteiger partial charge in [-0.05, 0) is 24.1 Å². The van der Waals surface area contributed by atoms with Gasteiger partial charge in [0.2, 0.25) is 0 Å². The van der Waals surface area contributed by atoms with Crippen LogP contribution in [0.15, 0.2) is 36.5 Å². The molecule has 0 saturated heterocycles. The van der Waals surface area contributed by atoms with E-state index in [9.17, 15) is 5.11 Å². The summed E-state index contributed by atoms with van der Waals surface area (Å²) in [5.74, 6) is 0.492. The maximum atomic E-state index is 10.3. The Morgan fingerprint density at radius 1 is 1.05 bits per heavy atom. The lowest BCUT2D eigenvalue weighted by molar-refractivity contribution is 0.209. The summed E-state index contributed by atoms with van der Waals surface area (Å²) in [4.78, 5) is 8.87. The molecule has 1 aliphatic heterocycles. The van der Waals surface area contributed by atoms with Gasteiger partial charge in [0.25, 0.3) is 0 Å². The summed E-state index contributed by atoms with van der Waals surface area (Å²) in [6.45, 7) is 1.90. The number of nitrogens with one attached hydrogen (secondary N) is 1. The number of rotatable bonds is 2. The van der Waals surface area contributed by atoms with E-state index in [0.29, 0.717) is 5.82 Å². The van der Waals surface area contributed by atoms with Crippen LogP contribution in [0, 0.1) is 0 Å². The number of hydrogen-bond donors (Lipinski definition) is 2. The number of aliphatic hydroxyl groups is 1. The summed E-state index contributed by atoms with van der Waals surface area (Å²) in [5, 5.41) is 13.7. The molecule has 0 bridgehead atoms. The fourth-order valence-electron chi connectivity index (χ4n) is 2.35. The number of hydrogen-bond acceptors (Lipinski definition) is 4. The van der Waals surface area contributed by atoms with Gasteiger partial charge in [0.1, 0.15) is 6.10 Å². The highest BCUT2D eigenvalue weighted by Gasteiger charge is 2.16. The smallest absolute Gasteiger partial charge is 0.161 e. The third kappa shape index (κ3) is 4.14. The van der Waals surface area contributed by atoms with Gasteiger partial charge in [0.15, 0.2) is 5.82 Å². The molecule has 6 heteroatoms. The summed E-state index contributed by atoms with van der Waals surface area (Å²) in [6.07, 6.45) is 2.96. The molecule has 1 aromatic heterocycles. The van der Waals surface area contributed by atoms with Gasteiger partial charge in [0.05, 0.1) is 0 Å². The van der Waals surface area contributed by atoms with Crippen molar-refractivity contribution in [2.24, 2.45) is 0 Å². The molecule has 3 rings (SSSR count). The minimum atomic E-state index is -0.747. The van der Waals surface area contributed by atoms with Gasteiger partial charge >= 0.3 is 0 Å². The van der Waals surface area contributed by atoms with E-state index in [-0.39, 0.29) is 24.8 Å². The summed E-state index contributed by atoms with van der Waals surface area (Å²) < 4.78 is 0. The summed E-state index contributed by atoms with van der Waals surface area (Å²) >= 11 is 0. The van der Waals surface area contributed by atoms with Crippen LogP contribution >= 0.6 is 24.8 Å². The molecular formula is C15H19Cl2N3O. The van der Waals surface area contributed by atoms with Gasteiger partial charge < -0.3 is 10.4 Å². The zero-order chi connectivity index (χ0) is 13.1. The van der Waals surface area contributed by atoms with E-state index in [4.69, 9.17) is 0 Å². The van der Waals surface area contributed by atoms with Crippen molar-refractivity contribution in [3.63, 3.8) is 0 Å². The van der Waals surface area contributed by atoms with Gasteiger partial charge in [-0.15, -0.1) is 24.8 Å². The van der Waals surface area contributed by atoms with Crippen molar-refractivity contribution in [3.05, 3.63) is 59.2 Å². The minimum absolute atomic E-state index is 0. The molecule has 1 aromatic carbocycles. The van der Waals surface area contributed by atoms with Gasteiger partial charge in [0, 0.05) is 24.9 Å². The third-order valence-electron chi connectivity index (χ3n) is 3.44. The molecule has 1 atom stereocenters. The fraction of sp³-hybridized carbons (Fsp3) is 0.333. The molecule has 2 N–H and O–H groups in total. The molecule has 4 nitrogen and oxygen atoms in total. The van der Waals surface area contributed by atoms with Crippen LogP contribution in [0.25, 0.3) is 0 Å². The summed E-state index contributed by atoms with van der Waals surface area (Å²) in [7, 11) is 0. The molecule has 1 aliphatic rings. The van der Waals surface area contributed by atoms with Gasteiger partial charge in [-0.25, -0.2) is 9.97 Å². The Labute approximate surface area is 136 Å². The lowest BCUT2D eigenvalue weighted by Gasteiger charge is -2.12. The average Bonchev–Trinajstić information content (AvgIpc) is 2.72. The molecular weight excluding hydrogens is 309 g/mol. The number of aliphatic hydroxyl groups excluding tert-OH is 1. The number of benzene rings is 1. The largest absolute Gasteiger partial charge is 0.380 e. The van der Waals surface area contributed by atoms with E-state index in [2.05, 4.69) is 15.3 Å². The quantitative estimate of drug-likeness (QED) is 0.886. The van der Waals surface area contributed by atoms with Gasteiger partial charge in [-0.3, -0.25) is 0 Å². The molecule has 21 heavy (non-hydrogen) atoms. The van der Waals surface area contributed by atoms with E-state index in [0.717, 1.165) is 37.2 Å². The Morgan fingerprint density at radius 2 is 1.76 bits per heavy atom. The van der Waals surface area contributed by atoms with Crippen LogP contribution in [0.3, 0.4) is 0 Å². The number of fused-ring (bicyclic) bond motifs is 1. The van der Waals surface area contributed by atoms with Crippen LogP contribution in [0.5, 0.6) is 0 Å². The van der Waals surface area contributed by atoms with Crippen molar-refractivity contribution < 1.29 is 5.11 Å². The molecule has 2 aromatic rings. The van der Waals surface area contributed by atoms with Crippen molar-refractivity contribution in [1.29, 1.82) is 0 Å². The maximum Gasteiger partial charge on any atom is 0.161 e. The van der Waals surface area contributed by atoms with Crippen LogP contribution < -0.4 is 5.32 Å². The second kappa shape index (κ2) is 8.29.